The summed E-state index contributed by atoms with van der Waals surface area (Å²) in [6.07, 6.45) is 0.905. The van der Waals surface area contributed by atoms with Crippen molar-refractivity contribution in [1.82, 2.24) is 0 Å². The van der Waals surface area contributed by atoms with E-state index in [1.165, 1.54) is 0 Å². The van der Waals surface area contributed by atoms with Crippen molar-refractivity contribution in [3.05, 3.63) is 0 Å². The zero-order valence-corrected chi connectivity index (χ0v) is 6.97. The van der Waals surface area contributed by atoms with E-state index in [0.717, 1.165) is 0 Å². The fourth-order valence-electron chi connectivity index (χ4n) is 0.230. The highest BCUT2D eigenvalue weighted by Gasteiger charge is 1.91. The average Bonchev–Trinajstić information content (AvgIpc) is 1.85. The van der Waals surface area contributed by atoms with Gasteiger partial charge in [-0.25, -0.2) is 0 Å². The SMILES string of the molecule is CCO.O=C(O)CCCS. The fraction of sp³-hybridized carbons (Fsp3) is 0.833. The van der Waals surface area contributed by atoms with Crippen LogP contribution in [-0.4, -0.2) is 28.5 Å². The highest BCUT2D eigenvalue weighted by atomic mass is 32.1. The van der Waals surface area contributed by atoms with Crippen LogP contribution in [0.1, 0.15) is 19.8 Å². The maximum absolute atomic E-state index is 9.72. The van der Waals surface area contributed by atoms with E-state index in [2.05, 4.69) is 12.6 Å². The molecule has 0 amide bonds. The third kappa shape index (κ3) is 25.0. The molecule has 0 aromatic heterocycles. The third-order valence-electron chi connectivity index (χ3n) is 0.549. The lowest BCUT2D eigenvalue weighted by Gasteiger charge is -1.85. The predicted octanol–water partition coefficient (Wildman–Crippen LogP) is 0.780. The Morgan fingerprint density at radius 1 is 1.60 bits per heavy atom. The summed E-state index contributed by atoms with van der Waals surface area (Å²) in [5, 5.41) is 15.6. The molecule has 0 saturated carbocycles. The number of thiol groups is 1. The summed E-state index contributed by atoms with van der Waals surface area (Å²) in [7, 11) is 0. The lowest BCUT2D eigenvalue weighted by Crippen LogP contribution is -1.93. The molecule has 0 heterocycles. The van der Waals surface area contributed by atoms with Gasteiger partial charge in [0.2, 0.25) is 0 Å². The molecular weight excluding hydrogens is 152 g/mol. The normalized spacial score (nSPS) is 7.90. The Balaban J connectivity index is 0. The standard InChI is InChI=1S/C4H8O2S.C2H6O/c5-4(6)2-1-3-7;1-2-3/h7H,1-3H2,(H,5,6);3H,2H2,1H3. The van der Waals surface area contributed by atoms with Crippen molar-refractivity contribution in [2.75, 3.05) is 12.4 Å². The van der Waals surface area contributed by atoms with Crippen LogP contribution in [-0.2, 0) is 4.79 Å². The molecule has 0 bridgehead atoms. The first-order valence-corrected chi connectivity index (χ1v) is 3.75. The Bertz CT molecular complexity index is 75.4. The molecule has 0 aliphatic rings. The smallest absolute Gasteiger partial charge is 0.303 e. The highest BCUT2D eigenvalue weighted by molar-refractivity contribution is 7.80. The van der Waals surface area contributed by atoms with Gasteiger partial charge < -0.3 is 10.2 Å². The summed E-state index contributed by atoms with van der Waals surface area (Å²) in [4.78, 5) is 9.72. The summed E-state index contributed by atoms with van der Waals surface area (Å²) in [5.74, 6) is -0.0826. The van der Waals surface area contributed by atoms with Gasteiger partial charge in [0.05, 0.1) is 0 Å². The molecule has 62 valence electrons. The first kappa shape index (κ1) is 12.5. The van der Waals surface area contributed by atoms with Crippen molar-refractivity contribution in [3.63, 3.8) is 0 Å². The summed E-state index contributed by atoms with van der Waals surface area (Å²) in [5.41, 5.74) is 0. The van der Waals surface area contributed by atoms with Crippen LogP contribution in [0.3, 0.4) is 0 Å². The maximum Gasteiger partial charge on any atom is 0.303 e. The van der Waals surface area contributed by atoms with Crippen LogP contribution in [0.2, 0.25) is 0 Å². The number of hydrogen-bond donors (Lipinski definition) is 3. The number of aliphatic hydroxyl groups excluding tert-OH is 1. The van der Waals surface area contributed by atoms with Crippen molar-refractivity contribution in [1.29, 1.82) is 0 Å². The molecule has 0 spiro atoms. The number of hydrogen-bond acceptors (Lipinski definition) is 3. The number of rotatable bonds is 3. The highest BCUT2D eigenvalue weighted by Crippen LogP contribution is 1.88. The predicted molar refractivity (Wildman–Crippen MR) is 43.5 cm³/mol. The van der Waals surface area contributed by atoms with Gasteiger partial charge in [-0.05, 0) is 19.1 Å². The molecule has 2 N–H and O–H groups in total. The molecule has 0 radical (unpaired) electrons. The van der Waals surface area contributed by atoms with Crippen LogP contribution in [0.15, 0.2) is 0 Å². The second-order valence-corrected chi connectivity index (χ2v) is 1.98. The molecule has 0 saturated heterocycles. The Labute approximate surface area is 66.5 Å². The van der Waals surface area contributed by atoms with E-state index >= 15 is 0 Å². The van der Waals surface area contributed by atoms with Gasteiger partial charge in [-0.2, -0.15) is 12.6 Å². The Kier molecular flexibility index (Phi) is 14.4. The molecule has 0 aromatic carbocycles. The van der Waals surface area contributed by atoms with Crippen LogP contribution in [0, 0.1) is 0 Å². The molecule has 0 atom stereocenters. The van der Waals surface area contributed by atoms with Crippen LogP contribution in [0.5, 0.6) is 0 Å². The molecular formula is C6H14O3S. The molecule has 4 heteroatoms. The Morgan fingerprint density at radius 3 is 2.10 bits per heavy atom. The van der Waals surface area contributed by atoms with Gasteiger partial charge in [0.25, 0.3) is 0 Å². The van der Waals surface area contributed by atoms with Gasteiger partial charge in [0.1, 0.15) is 0 Å². The summed E-state index contributed by atoms with van der Waals surface area (Å²) < 4.78 is 0. The second-order valence-electron chi connectivity index (χ2n) is 1.54. The average molecular weight is 166 g/mol. The van der Waals surface area contributed by atoms with Crippen molar-refractivity contribution >= 4 is 18.6 Å². The lowest BCUT2D eigenvalue weighted by molar-refractivity contribution is -0.137. The maximum atomic E-state index is 9.72. The molecule has 0 rings (SSSR count). The van der Waals surface area contributed by atoms with E-state index in [9.17, 15) is 4.79 Å². The summed E-state index contributed by atoms with van der Waals surface area (Å²) in [6.45, 7) is 1.93. The number of carboxylic acids is 1. The van der Waals surface area contributed by atoms with Crippen LogP contribution in [0.25, 0.3) is 0 Å². The van der Waals surface area contributed by atoms with Gasteiger partial charge in [0, 0.05) is 13.0 Å². The van der Waals surface area contributed by atoms with Crippen molar-refractivity contribution in [2.24, 2.45) is 0 Å². The molecule has 0 fully saturated rings. The minimum Gasteiger partial charge on any atom is -0.481 e. The van der Waals surface area contributed by atoms with E-state index in [4.69, 9.17) is 10.2 Å². The largest absolute Gasteiger partial charge is 0.481 e. The number of aliphatic carboxylic acids is 1. The Morgan fingerprint density at radius 2 is 2.00 bits per heavy atom. The molecule has 0 unspecified atom stereocenters. The van der Waals surface area contributed by atoms with Crippen molar-refractivity contribution in [3.8, 4) is 0 Å². The minimum absolute atomic E-state index is 0.240. The summed E-state index contributed by atoms with van der Waals surface area (Å²) in [6, 6.07) is 0. The molecule has 0 aromatic rings. The monoisotopic (exact) mass is 166 g/mol. The van der Waals surface area contributed by atoms with Gasteiger partial charge in [0.15, 0.2) is 0 Å². The molecule has 0 aliphatic heterocycles. The zero-order chi connectivity index (χ0) is 8.41. The third-order valence-corrected chi connectivity index (χ3v) is 0.865. The zero-order valence-electron chi connectivity index (χ0n) is 6.08. The Hall–Kier alpha value is -0.220. The molecule has 10 heavy (non-hydrogen) atoms. The van der Waals surface area contributed by atoms with Gasteiger partial charge >= 0.3 is 5.97 Å². The molecule has 0 aliphatic carbocycles. The topological polar surface area (TPSA) is 57.5 Å². The summed E-state index contributed by atoms with van der Waals surface area (Å²) >= 11 is 3.83. The number of carbonyl (C=O) groups is 1. The lowest BCUT2D eigenvalue weighted by atomic mass is 10.3. The van der Waals surface area contributed by atoms with E-state index in [1.54, 1.807) is 6.92 Å². The van der Waals surface area contributed by atoms with Gasteiger partial charge in [-0.3, -0.25) is 4.79 Å². The fourth-order valence-corrected chi connectivity index (χ4v) is 0.388. The van der Waals surface area contributed by atoms with Crippen LogP contribution < -0.4 is 0 Å². The van der Waals surface area contributed by atoms with Crippen LogP contribution >= 0.6 is 12.6 Å². The van der Waals surface area contributed by atoms with Crippen molar-refractivity contribution < 1.29 is 15.0 Å². The van der Waals surface area contributed by atoms with Gasteiger partial charge in [-0.1, -0.05) is 0 Å². The van der Waals surface area contributed by atoms with E-state index in [1.807, 2.05) is 0 Å². The van der Waals surface area contributed by atoms with E-state index in [0.29, 0.717) is 12.2 Å². The van der Waals surface area contributed by atoms with Gasteiger partial charge in [-0.15, -0.1) is 0 Å². The van der Waals surface area contributed by atoms with E-state index < -0.39 is 5.97 Å². The number of aliphatic hydroxyl groups is 1. The van der Waals surface area contributed by atoms with Crippen LogP contribution in [0.4, 0.5) is 0 Å². The first-order valence-electron chi connectivity index (χ1n) is 3.12. The van der Waals surface area contributed by atoms with Crippen molar-refractivity contribution in [2.45, 2.75) is 19.8 Å². The van der Waals surface area contributed by atoms with E-state index in [-0.39, 0.29) is 13.0 Å². The second kappa shape index (κ2) is 11.6. The number of carboxylic acid groups (broad SMARTS) is 1. The first-order chi connectivity index (χ1) is 4.68. The quantitative estimate of drug-likeness (QED) is 0.543. The molecule has 3 nitrogen and oxygen atoms in total. The minimum atomic E-state index is -0.742.